The molecule has 20 heavy (non-hydrogen) atoms. The number of halogens is 1. The lowest BCUT2D eigenvalue weighted by atomic mass is 10.1. The summed E-state index contributed by atoms with van der Waals surface area (Å²) in [7, 11) is 0. The zero-order valence-corrected chi connectivity index (χ0v) is 12.6. The van der Waals surface area contributed by atoms with Crippen LogP contribution in [-0.2, 0) is 16.0 Å². The van der Waals surface area contributed by atoms with Crippen molar-refractivity contribution in [1.29, 1.82) is 0 Å². The Morgan fingerprint density at radius 3 is 2.60 bits per heavy atom. The van der Waals surface area contributed by atoms with Gasteiger partial charge in [-0.15, -0.1) is 0 Å². The highest BCUT2D eigenvalue weighted by molar-refractivity contribution is 6.30. The maximum atomic E-state index is 12.3. The van der Waals surface area contributed by atoms with Gasteiger partial charge >= 0.3 is 5.97 Å². The van der Waals surface area contributed by atoms with Gasteiger partial charge in [-0.1, -0.05) is 37.6 Å². The Balaban J connectivity index is 2.69. The van der Waals surface area contributed by atoms with Gasteiger partial charge in [-0.2, -0.15) is 0 Å². The molecule has 0 bridgehead atoms. The first-order valence-corrected chi connectivity index (χ1v) is 7.00. The molecule has 0 aliphatic heterocycles. The molecule has 0 heterocycles. The number of carboxylic acids is 1. The van der Waals surface area contributed by atoms with Crippen molar-refractivity contribution in [1.82, 2.24) is 4.90 Å². The Morgan fingerprint density at radius 2 is 2.05 bits per heavy atom. The number of hydrogen-bond donors (Lipinski definition) is 1. The van der Waals surface area contributed by atoms with Crippen molar-refractivity contribution in [2.24, 2.45) is 5.92 Å². The number of rotatable bonds is 7. The summed E-state index contributed by atoms with van der Waals surface area (Å²) < 4.78 is 0. The van der Waals surface area contributed by atoms with Gasteiger partial charge in [0.05, 0.1) is 12.8 Å². The minimum Gasteiger partial charge on any atom is -0.481 e. The summed E-state index contributed by atoms with van der Waals surface area (Å²) in [6.45, 7) is 4.81. The Morgan fingerprint density at radius 1 is 1.35 bits per heavy atom. The highest BCUT2D eigenvalue weighted by atomic mass is 35.5. The second kappa shape index (κ2) is 7.90. The molecule has 0 spiro atoms. The molecule has 0 aliphatic carbocycles. The molecule has 0 unspecified atom stereocenters. The highest BCUT2D eigenvalue weighted by Crippen LogP contribution is 2.12. The quantitative estimate of drug-likeness (QED) is 0.842. The molecule has 0 aliphatic rings. The minimum atomic E-state index is -0.894. The van der Waals surface area contributed by atoms with Crippen molar-refractivity contribution in [2.45, 2.75) is 26.7 Å². The van der Waals surface area contributed by atoms with Gasteiger partial charge in [-0.25, -0.2) is 0 Å². The molecule has 1 aromatic carbocycles. The van der Waals surface area contributed by atoms with E-state index >= 15 is 0 Å². The number of benzene rings is 1. The number of aliphatic carboxylic acids is 1. The predicted octanol–water partition coefficient (Wildman–Crippen LogP) is 2.84. The van der Waals surface area contributed by atoms with Crippen LogP contribution in [0, 0.1) is 5.92 Å². The second-order valence-corrected chi connectivity index (χ2v) is 5.62. The van der Waals surface area contributed by atoms with Crippen LogP contribution in [0.1, 0.15) is 25.8 Å². The van der Waals surface area contributed by atoms with E-state index in [1.165, 1.54) is 0 Å². The summed E-state index contributed by atoms with van der Waals surface area (Å²) in [6.07, 6.45) is 0.209. The highest BCUT2D eigenvalue weighted by Gasteiger charge is 2.16. The largest absolute Gasteiger partial charge is 0.481 e. The SMILES string of the molecule is CC(C)CN(CCC(=O)O)C(=O)Cc1cccc(Cl)c1. The summed E-state index contributed by atoms with van der Waals surface area (Å²) >= 11 is 5.89. The third kappa shape index (κ3) is 6.06. The van der Waals surface area contributed by atoms with E-state index in [0.29, 0.717) is 17.5 Å². The summed E-state index contributed by atoms with van der Waals surface area (Å²) in [4.78, 5) is 24.5. The molecule has 0 atom stereocenters. The number of carbonyl (C=O) groups is 2. The van der Waals surface area contributed by atoms with Gasteiger partial charge in [0.2, 0.25) is 5.91 Å². The number of nitrogens with zero attached hydrogens (tertiary/aromatic N) is 1. The number of carboxylic acid groups (broad SMARTS) is 1. The first-order chi connectivity index (χ1) is 9.38. The topological polar surface area (TPSA) is 57.6 Å². The van der Waals surface area contributed by atoms with Crippen LogP contribution in [-0.4, -0.2) is 35.0 Å². The van der Waals surface area contributed by atoms with Crippen LogP contribution in [0.4, 0.5) is 0 Å². The number of amides is 1. The molecule has 0 saturated carbocycles. The van der Waals surface area contributed by atoms with E-state index in [4.69, 9.17) is 16.7 Å². The first kappa shape index (κ1) is 16.5. The van der Waals surface area contributed by atoms with Crippen LogP contribution in [0.2, 0.25) is 5.02 Å². The van der Waals surface area contributed by atoms with E-state index in [2.05, 4.69) is 0 Å². The first-order valence-electron chi connectivity index (χ1n) is 6.62. The molecule has 5 heteroatoms. The van der Waals surface area contributed by atoms with Gasteiger partial charge in [-0.05, 0) is 23.6 Å². The van der Waals surface area contributed by atoms with Crippen molar-refractivity contribution < 1.29 is 14.7 Å². The lowest BCUT2D eigenvalue weighted by molar-refractivity contribution is -0.138. The van der Waals surface area contributed by atoms with E-state index in [1.807, 2.05) is 19.9 Å². The Labute approximate surface area is 124 Å². The van der Waals surface area contributed by atoms with Gasteiger partial charge in [0.25, 0.3) is 0 Å². The molecule has 0 fully saturated rings. The molecular formula is C15H20ClNO3. The third-order valence-electron chi connectivity index (χ3n) is 2.78. The number of carbonyl (C=O) groups excluding carboxylic acids is 1. The molecule has 0 radical (unpaired) electrons. The van der Waals surface area contributed by atoms with Gasteiger partial charge in [0, 0.05) is 18.1 Å². The molecule has 0 aromatic heterocycles. The van der Waals surface area contributed by atoms with Crippen LogP contribution in [0.3, 0.4) is 0 Å². The Hall–Kier alpha value is -1.55. The minimum absolute atomic E-state index is 0.0337. The van der Waals surface area contributed by atoms with Crippen LogP contribution >= 0.6 is 11.6 Å². The van der Waals surface area contributed by atoms with Gasteiger partial charge in [0.15, 0.2) is 0 Å². The molecular weight excluding hydrogens is 278 g/mol. The summed E-state index contributed by atoms with van der Waals surface area (Å²) in [6, 6.07) is 7.15. The van der Waals surface area contributed by atoms with Crippen LogP contribution in [0.5, 0.6) is 0 Å². The molecule has 1 rings (SSSR count). The Bertz CT molecular complexity index is 474. The monoisotopic (exact) mass is 297 g/mol. The van der Waals surface area contributed by atoms with Crippen molar-refractivity contribution in [2.75, 3.05) is 13.1 Å². The van der Waals surface area contributed by atoms with Crippen LogP contribution in [0.25, 0.3) is 0 Å². The molecule has 1 N–H and O–H groups in total. The summed E-state index contributed by atoms with van der Waals surface area (Å²) in [5, 5.41) is 9.34. The van der Waals surface area contributed by atoms with Gasteiger partial charge in [-0.3, -0.25) is 9.59 Å². The lowest BCUT2D eigenvalue weighted by Crippen LogP contribution is -2.37. The summed E-state index contributed by atoms with van der Waals surface area (Å²) in [5.41, 5.74) is 0.839. The average molecular weight is 298 g/mol. The fraction of sp³-hybridized carbons (Fsp3) is 0.467. The van der Waals surface area contributed by atoms with Crippen molar-refractivity contribution in [3.8, 4) is 0 Å². The fourth-order valence-corrected chi connectivity index (χ4v) is 2.14. The van der Waals surface area contributed by atoms with E-state index in [0.717, 1.165) is 5.56 Å². The summed E-state index contributed by atoms with van der Waals surface area (Å²) in [5.74, 6) is -0.663. The fourth-order valence-electron chi connectivity index (χ4n) is 1.92. The molecule has 4 nitrogen and oxygen atoms in total. The average Bonchev–Trinajstić information content (AvgIpc) is 2.33. The maximum Gasteiger partial charge on any atom is 0.305 e. The zero-order chi connectivity index (χ0) is 15.1. The standard InChI is InChI=1S/C15H20ClNO3/c1-11(2)10-17(7-6-15(19)20)14(18)9-12-4-3-5-13(16)8-12/h3-5,8,11H,6-7,9-10H2,1-2H3,(H,19,20). The Kier molecular flexibility index (Phi) is 6.52. The number of hydrogen-bond acceptors (Lipinski definition) is 2. The molecule has 1 aromatic rings. The third-order valence-corrected chi connectivity index (χ3v) is 3.01. The maximum absolute atomic E-state index is 12.3. The van der Waals surface area contributed by atoms with Crippen molar-refractivity contribution >= 4 is 23.5 Å². The second-order valence-electron chi connectivity index (χ2n) is 5.18. The van der Waals surface area contributed by atoms with E-state index < -0.39 is 5.97 Å². The van der Waals surface area contributed by atoms with Gasteiger partial charge in [0.1, 0.15) is 0 Å². The lowest BCUT2D eigenvalue weighted by Gasteiger charge is -2.24. The zero-order valence-electron chi connectivity index (χ0n) is 11.8. The van der Waals surface area contributed by atoms with Crippen LogP contribution < -0.4 is 0 Å². The van der Waals surface area contributed by atoms with E-state index in [9.17, 15) is 9.59 Å². The molecule has 0 saturated heterocycles. The van der Waals surface area contributed by atoms with Crippen molar-refractivity contribution in [3.63, 3.8) is 0 Å². The predicted molar refractivity (Wildman–Crippen MR) is 78.8 cm³/mol. The smallest absolute Gasteiger partial charge is 0.305 e. The molecule has 1 amide bonds. The molecule has 110 valence electrons. The normalized spacial score (nSPS) is 10.6. The van der Waals surface area contributed by atoms with Crippen LogP contribution in [0.15, 0.2) is 24.3 Å². The van der Waals surface area contributed by atoms with E-state index in [-0.39, 0.29) is 25.3 Å². The van der Waals surface area contributed by atoms with Crippen molar-refractivity contribution in [3.05, 3.63) is 34.9 Å². The van der Waals surface area contributed by atoms with Gasteiger partial charge < -0.3 is 10.0 Å². The van der Waals surface area contributed by atoms with E-state index in [1.54, 1.807) is 23.1 Å².